The SMILES string of the molecule is CC(=O)O[C@]1(c2ccccc2)N=N[C@@H]2C(=O)N(C(C)(C)C)C[C@@H]21. The van der Waals surface area contributed by atoms with Crippen molar-refractivity contribution in [1.82, 2.24) is 4.90 Å². The highest BCUT2D eigenvalue weighted by Gasteiger charge is 2.61. The molecule has 3 rings (SSSR count). The topological polar surface area (TPSA) is 71.3 Å². The molecule has 0 unspecified atom stereocenters. The maximum atomic E-state index is 12.7. The van der Waals surface area contributed by atoms with Gasteiger partial charge in [0.05, 0.1) is 5.92 Å². The molecule has 0 radical (unpaired) electrons. The third kappa shape index (κ3) is 2.42. The number of esters is 1. The van der Waals surface area contributed by atoms with Gasteiger partial charge in [0.15, 0.2) is 6.04 Å². The summed E-state index contributed by atoms with van der Waals surface area (Å²) in [5.74, 6) is -0.799. The number of carbonyl (C=O) groups excluding carboxylic acids is 2. The van der Waals surface area contributed by atoms with E-state index in [1.807, 2.05) is 51.1 Å². The molecule has 1 aromatic carbocycles. The van der Waals surface area contributed by atoms with Crippen LogP contribution in [0.5, 0.6) is 0 Å². The molecule has 2 aliphatic rings. The molecule has 0 bridgehead atoms. The molecular weight excluding hydrogens is 294 g/mol. The molecule has 1 aromatic rings. The molecule has 0 spiro atoms. The zero-order valence-electron chi connectivity index (χ0n) is 13.8. The maximum absolute atomic E-state index is 12.7. The van der Waals surface area contributed by atoms with Crippen LogP contribution in [0.4, 0.5) is 0 Å². The van der Waals surface area contributed by atoms with Crippen molar-refractivity contribution in [1.29, 1.82) is 0 Å². The summed E-state index contributed by atoms with van der Waals surface area (Å²) in [5.41, 5.74) is -0.779. The molecule has 0 N–H and O–H groups in total. The summed E-state index contributed by atoms with van der Waals surface area (Å²) < 4.78 is 5.63. The van der Waals surface area contributed by atoms with Crippen LogP contribution in [-0.4, -0.2) is 34.9 Å². The van der Waals surface area contributed by atoms with Gasteiger partial charge in [0.25, 0.3) is 5.72 Å². The monoisotopic (exact) mass is 315 g/mol. The number of azo groups is 1. The molecule has 1 fully saturated rings. The number of amides is 1. The Hall–Kier alpha value is -2.24. The van der Waals surface area contributed by atoms with Gasteiger partial charge in [-0.15, -0.1) is 5.11 Å². The molecule has 6 nitrogen and oxygen atoms in total. The Balaban J connectivity index is 2.05. The zero-order chi connectivity index (χ0) is 16.8. The van der Waals surface area contributed by atoms with E-state index in [0.717, 1.165) is 5.56 Å². The average Bonchev–Trinajstić information content (AvgIpc) is 2.99. The first-order valence-corrected chi connectivity index (χ1v) is 7.74. The molecule has 23 heavy (non-hydrogen) atoms. The van der Waals surface area contributed by atoms with E-state index in [2.05, 4.69) is 10.2 Å². The van der Waals surface area contributed by atoms with E-state index in [4.69, 9.17) is 4.74 Å². The number of carbonyl (C=O) groups is 2. The van der Waals surface area contributed by atoms with Crippen LogP contribution < -0.4 is 0 Å². The largest absolute Gasteiger partial charge is 0.431 e. The lowest BCUT2D eigenvalue weighted by molar-refractivity contribution is -0.162. The van der Waals surface area contributed by atoms with E-state index in [9.17, 15) is 9.59 Å². The van der Waals surface area contributed by atoms with Gasteiger partial charge in [-0.3, -0.25) is 9.59 Å². The van der Waals surface area contributed by atoms with E-state index in [1.54, 1.807) is 4.90 Å². The summed E-state index contributed by atoms with van der Waals surface area (Å²) in [6.45, 7) is 7.77. The second kappa shape index (κ2) is 5.15. The first-order chi connectivity index (χ1) is 10.8. The number of benzene rings is 1. The highest BCUT2D eigenvalue weighted by Crippen LogP contribution is 2.48. The molecule has 2 heterocycles. The quantitative estimate of drug-likeness (QED) is 0.787. The predicted octanol–water partition coefficient (Wildman–Crippen LogP) is 2.49. The summed E-state index contributed by atoms with van der Waals surface area (Å²) in [7, 11) is 0. The molecule has 3 atom stereocenters. The summed E-state index contributed by atoms with van der Waals surface area (Å²) >= 11 is 0. The highest BCUT2D eigenvalue weighted by molar-refractivity contribution is 5.86. The number of rotatable bonds is 2. The molecule has 6 heteroatoms. The van der Waals surface area contributed by atoms with Gasteiger partial charge >= 0.3 is 5.97 Å². The van der Waals surface area contributed by atoms with Crippen molar-refractivity contribution >= 4 is 11.9 Å². The van der Waals surface area contributed by atoms with Crippen LogP contribution in [0.3, 0.4) is 0 Å². The smallest absolute Gasteiger partial charge is 0.305 e. The summed E-state index contributed by atoms with van der Waals surface area (Å²) in [4.78, 5) is 26.2. The summed E-state index contributed by atoms with van der Waals surface area (Å²) in [5, 5.41) is 8.45. The Morgan fingerprint density at radius 1 is 1.30 bits per heavy atom. The number of fused-ring (bicyclic) bond motifs is 1. The number of likely N-dealkylation sites (tertiary alicyclic amines) is 1. The fraction of sp³-hybridized carbons (Fsp3) is 0.529. The van der Waals surface area contributed by atoms with Crippen molar-refractivity contribution in [2.45, 2.75) is 45.0 Å². The first-order valence-electron chi connectivity index (χ1n) is 7.74. The molecule has 1 saturated heterocycles. The van der Waals surface area contributed by atoms with Gasteiger partial charge in [-0.25, -0.2) is 0 Å². The minimum atomic E-state index is -1.21. The first kappa shape index (κ1) is 15.6. The lowest BCUT2D eigenvalue weighted by atomic mass is 9.87. The number of hydrogen-bond acceptors (Lipinski definition) is 5. The van der Waals surface area contributed by atoms with Crippen molar-refractivity contribution in [2.75, 3.05) is 6.54 Å². The van der Waals surface area contributed by atoms with Crippen LogP contribution in [-0.2, 0) is 20.1 Å². The Bertz CT molecular complexity index is 665. The van der Waals surface area contributed by atoms with E-state index in [0.29, 0.717) is 6.54 Å². The number of hydrogen-bond donors (Lipinski definition) is 0. The Morgan fingerprint density at radius 2 is 1.96 bits per heavy atom. The fourth-order valence-electron chi connectivity index (χ4n) is 3.34. The standard InChI is InChI=1S/C17H21N3O3/c1-11(21)23-17(12-8-6-5-7-9-12)13-10-20(16(2,3)4)15(22)14(13)18-19-17/h5-9,13-14H,10H2,1-4H3/t13-,14-,17-/m0/s1. The van der Waals surface area contributed by atoms with Gasteiger partial charge in [-0.2, -0.15) is 5.11 Å². The van der Waals surface area contributed by atoms with Crippen LogP contribution in [0.15, 0.2) is 40.6 Å². The second-order valence-corrected chi connectivity index (χ2v) is 7.04. The highest BCUT2D eigenvalue weighted by atomic mass is 16.6. The molecular formula is C17H21N3O3. The Morgan fingerprint density at radius 3 is 2.52 bits per heavy atom. The average molecular weight is 315 g/mol. The zero-order valence-corrected chi connectivity index (χ0v) is 13.8. The third-order valence-corrected chi connectivity index (χ3v) is 4.41. The number of ether oxygens (including phenoxy) is 1. The van der Waals surface area contributed by atoms with E-state index < -0.39 is 17.7 Å². The van der Waals surface area contributed by atoms with Gasteiger partial charge in [0, 0.05) is 24.6 Å². The Labute approximate surface area is 135 Å². The van der Waals surface area contributed by atoms with E-state index >= 15 is 0 Å². The minimum Gasteiger partial charge on any atom is -0.431 e. The summed E-state index contributed by atoms with van der Waals surface area (Å²) in [6, 6.07) is 8.73. The lowest BCUT2D eigenvalue weighted by Gasteiger charge is -2.35. The molecule has 0 aromatic heterocycles. The predicted molar refractivity (Wildman–Crippen MR) is 83.5 cm³/mol. The minimum absolute atomic E-state index is 0.0591. The number of nitrogens with zero attached hydrogens (tertiary/aromatic N) is 3. The van der Waals surface area contributed by atoms with Crippen LogP contribution in [0.2, 0.25) is 0 Å². The van der Waals surface area contributed by atoms with E-state index in [1.165, 1.54) is 6.92 Å². The fourth-order valence-corrected chi connectivity index (χ4v) is 3.34. The van der Waals surface area contributed by atoms with Crippen LogP contribution in [0.25, 0.3) is 0 Å². The molecule has 122 valence electrons. The molecule has 0 saturated carbocycles. The van der Waals surface area contributed by atoms with Gasteiger partial charge < -0.3 is 9.64 Å². The third-order valence-electron chi connectivity index (χ3n) is 4.41. The van der Waals surface area contributed by atoms with Gasteiger partial charge in [0.1, 0.15) is 0 Å². The van der Waals surface area contributed by atoms with Gasteiger partial charge in [0.2, 0.25) is 5.91 Å². The normalized spacial score (nSPS) is 29.7. The van der Waals surface area contributed by atoms with Crippen molar-refractivity contribution in [2.24, 2.45) is 16.1 Å². The van der Waals surface area contributed by atoms with E-state index in [-0.39, 0.29) is 17.4 Å². The summed E-state index contributed by atoms with van der Waals surface area (Å²) in [6.07, 6.45) is 0. The second-order valence-electron chi connectivity index (χ2n) is 7.04. The van der Waals surface area contributed by atoms with Gasteiger partial charge in [-0.05, 0) is 20.8 Å². The van der Waals surface area contributed by atoms with Crippen molar-refractivity contribution < 1.29 is 14.3 Å². The molecule has 1 amide bonds. The van der Waals surface area contributed by atoms with Crippen molar-refractivity contribution in [3.63, 3.8) is 0 Å². The lowest BCUT2D eigenvalue weighted by Crippen LogP contribution is -2.44. The van der Waals surface area contributed by atoms with Crippen LogP contribution in [0.1, 0.15) is 33.3 Å². The molecule has 2 aliphatic heterocycles. The van der Waals surface area contributed by atoms with Gasteiger partial charge in [-0.1, -0.05) is 30.3 Å². The van der Waals surface area contributed by atoms with Crippen molar-refractivity contribution in [3.8, 4) is 0 Å². The Kier molecular flexibility index (Phi) is 3.50. The van der Waals surface area contributed by atoms with Crippen molar-refractivity contribution in [3.05, 3.63) is 35.9 Å². The maximum Gasteiger partial charge on any atom is 0.305 e. The van der Waals surface area contributed by atoms with Crippen LogP contribution in [0, 0.1) is 5.92 Å². The van der Waals surface area contributed by atoms with Crippen LogP contribution >= 0.6 is 0 Å². The molecule has 0 aliphatic carbocycles.